The number of thioether (sulfide) groups is 1. The third kappa shape index (κ3) is 4.19. The number of halogens is 1. The second-order valence-corrected chi connectivity index (χ2v) is 11.0. The Hall–Kier alpha value is -2.10. The number of carbonyl (C=O) groups excluding carboxylic acids is 1. The molecule has 1 fully saturated rings. The minimum atomic E-state index is -3.00. The Bertz CT molecular complexity index is 1220. The molecule has 1 saturated heterocycles. The van der Waals surface area contributed by atoms with E-state index in [0.717, 1.165) is 17.1 Å². The molecule has 0 amide bonds. The summed E-state index contributed by atoms with van der Waals surface area (Å²) in [7, 11) is -3.00. The molecule has 3 heterocycles. The molecule has 2 aromatic heterocycles. The minimum absolute atomic E-state index is 0.0270. The summed E-state index contributed by atoms with van der Waals surface area (Å²) in [6.45, 7) is 3.79. The second kappa shape index (κ2) is 8.20. The average Bonchev–Trinajstić information content (AvgIpc) is 3.37. The molecule has 0 radical (unpaired) electrons. The van der Waals surface area contributed by atoms with Crippen LogP contribution < -0.4 is 0 Å². The molecule has 7 nitrogen and oxygen atoms in total. The van der Waals surface area contributed by atoms with Crippen molar-refractivity contribution in [1.82, 2.24) is 19.3 Å². The summed E-state index contributed by atoms with van der Waals surface area (Å²) < 4.78 is 27.5. The summed E-state index contributed by atoms with van der Waals surface area (Å²) in [6, 6.07) is 9.08. The van der Waals surface area contributed by atoms with Crippen LogP contribution in [0.25, 0.3) is 5.69 Å². The lowest BCUT2D eigenvalue weighted by Gasteiger charge is -2.16. The SMILES string of the molecule is Cc1cc(C(=O)CSc2nncn2-c2cccc(Cl)c2)c(C)n1C1CCS(=O)(=O)C1. The summed E-state index contributed by atoms with van der Waals surface area (Å²) in [5, 5.41) is 9.28. The lowest BCUT2D eigenvalue weighted by Crippen LogP contribution is -2.14. The highest BCUT2D eigenvalue weighted by Crippen LogP contribution is 2.30. The Balaban J connectivity index is 1.51. The van der Waals surface area contributed by atoms with Crippen molar-refractivity contribution in [2.75, 3.05) is 17.3 Å². The van der Waals surface area contributed by atoms with E-state index >= 15 is 0 Å². The molecule has 1 aromatic carbocycles. The number of Topliss-reactive ketones (excluding diaryl/α,β-unsaturated/α-hetero) is 1. The largest absolute Gasteiger partial charge is 0.344 e. The number of carbonyl (C=O) groups is 1. The molecule has 0 aliphatic carbocycles. The van der Waals surface area contributed by atoms with E-state index in [0.29, 0.717) is 22.2 Å². The van der Waals surface area contributed by atoms with Gasteiger partial charge >= 0.3 is 0 Å². The molecule has 3 aromatic rings. The van der Waals surface area contributed by atoms with Crippen molar-refractivity contribution in [1.29, 1.82) is 0 Å². The highest BCUT2D eigenvalue weighted by atomic mass is 35.5. The van der Waals surface area contributed by atoms with Gasteiger partial charge in [0.25, 0.3) is 0 Å². The van der Waals surface area contributed by atoms with Crippen LogP contribution in [0.15, 0.2) is 41.8 Å². The van der Waals surface area contributed by atoms with Gasteiger partial charge in [-0.2, -0.15) is 0 Å². The Morgan fingerprint density at radius 3 is 2.80 bits per heavy atom. The van der Waals surface area contributed by atoms with Crippen LogP contribution in [-0.4, -0.2) is 50.8 Å². The topological polar surface area (TPSA) is 86.8 Å². The molecule has 4 rings (SSSR count). The lowest BCUT2D eigenvalue weighted by atomic mass is 10.2. The van der Waals surface area contributed by atoms with Crippen LogP contribution in [-0.2, 0) is 9.84 Å². The molecule has 0 N–H and O–H groups in total. The normalized spacial score (nSPS) is 18.0. The summed E-state index contributed by atoms with van der Waals surface area (Å²) in [5.41, 5.74) is 3.17. The van der Waals surface area contributed by atoms with Crippen LogP contribution in [0.4, 0.5) is 0 Å². The zero-order valence-corrected chi connectivity index (χ0v) is 19.0. The highest BCUT2D eigenvalue weighted by molar-refractivity contribution is 7.99. The Morgan fingerprint density at radius 1 is 1.30 bits per heavy atom. The van der Waals surface area contributed by atoms with E-state index in [4.69, 9.17) is 11.6 Å². The van der Waals surface area contributed by atoms with Gasteiger partial charge in [0.2, 0.25) is 0 Å². The maximum Gasteiger partial charge on any atom is 0.196 e. The van der Waals surface area contributed by atoms with Gasteiger partial charge in [-0.25, -0.2) is 8.42 Å². The first-order valence-electron chi connectivity index (χ1n) is 9.46. The molecule has 1 aliphatic rings. The number of hydrogen-bond donors (Lipinski definition) is 0. The Kier molecular flexibility index (Phi) is 5.78. The number of nitrogens with zero attached hydrogens (tertiary/aromatic N) is 4. The van der Waals surface area contributed by atoms with Crippen molar-refractivity contribution in [2.45, 2.75) is 31.5 Å². The molecule has 0 saturated carbocycles. The predicted molar refractivity (Wildman–Crippen MR) is 118 cm³/mol. The van der Waals surface area contributed by atoms with Crippen LogP contribution in [0, 0.1) is 13.8 Å². The molecule has 1 aliphatic heterocycles. The van der Waals surface area contributed by atoms with Gasteiger partial charge in [-0.15, -0.1) is 10.2 Å². The summed E-state index contributed by atoms with van der Waals surface area (Å²) >= 11 is 7.38. The summed E-state index contributed by atoms with van der Waals surface area (Å²) in [6.07, 6.45) is 2.18. The molecular formula is C20H21ClN4O3S2. The summed E-state index contributed by atoms with van der Waals surface area (Å²) in [4.78, 5) is 12.9. The number of aryl methyl sites for hydroxylation is 1. The second-order valence-electron chi connectivity index (χ2n) is 7.39. The first-order chi connectivity index (χ1) is 14.2. The maximum absolute atomic E-state index is 12.9. The standard InChI is InChI=1S/C20H21ClN4O3S2/c1-13-8-18(14(2)25(13)17-6-7-30(27,28)11-17)19(26)10-29-20-23-22-12-24(20)16-5-3-4-15(21)9-16/h3-5,8-9,12,17H,6-7,10-11H2,1-2H3. The van der Waals surface area contributed by atoms with Crippen molar-refractivity contribution in [3.05, 3.63) is 58.6 Å². The zero-order chi connectivity index (χ0) is 21.5. The highest BCUT2D eigenvalue weighted by Gasteiger charge is 2.31. The van der Waals surface area contributed by atoms with E-state index in [1.54, 1.807) is 23.0 Å². The zero-order valence-electron chi connectivity index (χ0n) is 16.6. The molecule has 158 valence electrons. The van der Waals surface area contributed by atoms with Crippen LogP contribution in [0.3, 0.4) is 0 Å². The van der Waals surface area contributed by atoms with Crippen molar-refractivity contribution < 1.29 is 13.2 Å². The van der Waals surface area contributed by atoms with Crippen molar-refractivity contribution in [2.24, 2.45) is 0 Å². The fourth-order valence-electron chi connectivity index (χ4n) is 3.93. The minimum Gasteiger partial charge on any atom is -0.344 e. The predicted octanol–water partition coefficient (Wildman–Crippen LogP) is 3.67. The summed E-state index contributed by atoms with van der Waals surface area (Å²) in [5.74, 6) is 0.509. The van der Waals surface area contributed by atoms with Gasteiger partial charge in [-0.3, -0.25) is 9.36 Å². The number of ketones is 1. The number of hydrogen-bond acceptors (Lipinski definition) is 6. The quantitative estimate of drug-likeness (QED) is 0.408. The lowest BCUT2D eigenvalue weighted by molar-refractivity contribution is 0.102. The van der Waals surface area contributed by atoms with Crippen molar-refractivity contribution >= 4 is 39.0 Å². The average molecular weight is 465 g/mol. The van der Waals surface area contributed by atoms with E-state index < -0.39 is 9.84 Å². The molecular weight excluding hydrogens is 444 g/mol. The number of aromatic nitrogens is 4. The first-order valence-corrected chi connectivity index (χ1v) is 12.6. The molecule has 0 bridgehead atoms. The van der Waals surface area contributed by atoms with Gasteiger partial charge in [-0.05, 0) is 44.5 Å². The fourth-order valence-corrected chi connectivity index (χ4v) is 6.63. The number of sulfone groups is 1. The van der Waals surface area contributed by atoms with Gasteiger partial charge < -0.3 is 4.57 Å². The van der Waals surface area contributed by atoms with E-state index in [-0.39, 0.29) is 29.1 Å². The van der Waals surface area contributed by atoms with Gasteiger partial charge in [0.1, 0.15) is 6.33 Å². The van der Waals surface area contributed by atoms with Crippen LogP contribution >= 0.6 is 23.4 Å². The number of rotatable bonds is 6. The smallest absolute Gasteiger partial charge is 0.196 e. The van der Waals surface area contributed by atoms with E-state index in [1.165, 1.54) is 11.8 Å². The maximum atomic E-state index is 12.9. The third-order valence-corrected chi connectivity index (χ3v) is 8.22. The van der Waals surface area contributed by atoms with E-state index in [1.807, 2.05) is 36.6 Å². The molecule has 1 unspecified atom stereocenters. The third-order valence-electron chi connectivity index (χ3n) is 5.29. The monoisotopic (exact) mass is 464 g/mol. The van der Waals surface area contributed by atoms with Crippen LogP contribution in [0.5, 0.6) is 0 Å². The van der Waals surface area contributed by atoms with Gasteiger partial charge in [0.15, 0.2) is 20.8 Å². The van der Waals surface area contributed by atoms with Crippen LogP contribution in [0.2, 0.25) is 5.02 Å². The van der Waals surface area contributed by atoms with Crippen LogP contribution in [0.1, 0.15) is 34.2 Å². The molecule has 0 spiro atoms. The van der Waals surface area contributed by atoms with Gasteiger partial charge in [0.05, 0.1) is 22.9 Å². The Labute approximate surface area is 184 Å². The number of benzene rings is 1. The molecule has 10 heteroatoms. The molecule has 1 atom stereocenters. The fraction of sp³-hybridized carbons (Fsp3) is 0.350. The van der Waals surface area contributed by atoms with Crippen molar-refractivity contribution in [3.8, 4) is 5.69 Å². The van der Waals surface area contributed by atoms with E-state index in [9.17, 15) is 13.2 Å². The van der Waals surface area contributed by atoms with Crippen molar-refractivity contribution in [3.63, 3.8) is 0 Å². The first kappa shape index (κ1) is 21.1. The molecule has 30 heavy (non-hydrogen) atoms. The van der Waals surface area contributed by atoms with E-state index in [2.05, 4.69) is 10.2 Å². The van der Waals surface area contributed by atoms with Gasteiger partial charge in [-0.1, -0.05) is 29.4 Å². The van der Waals surface area contributed by atoms with Gasteiger partial charge in [0, 0.05) is 28.0 Å². The Morgan fingerprint density at radius 2 is 2.10 bits per heavy atom.